The summed E-state index contributed by atoms with van der Waals surface area (Å²) in [5, 5.41) is 5.65. The van der Waals surface area contributed by atoms with Gasteiger partial charge in [0.1, 0.15) is 0 Å². The predicted molar refractivity (Wildman–Crippen MR) is 73.7 cm³/mol. The minimum Gasteiger partial charge on any atom is -0.309 e. The van der Waals surface area contributed by atoms with Gasteiger partial charge in [0.15, 0.2) is 0 Å². The van der Waals surface area contributed by atoms with E-state index in [0.717, 1.165) is 6.42 Å². The van der Waals surface area contributed by atoms with Crippen LogP contribution in [-0.2, 0) is 6.42 Å². The van der Waals surface area contributed by atoms with E-state index in [4.69, 9.17) is 0 Å². The van der Waals surface area contributed by atoms with E-state index in [2.05, 4.69) is 42.7 Å². The van der Waals surface area contributed by atoms with Crippen LogP contribution < -0.4 is 5.32 Å². The molecule has 0 aromatic carbocycles. The van der Waals surface area contributed by atoms with Crippen molar-refractivity contribution in [1.29, 1.82) is 0 Å². The van der Waals surface area contributed by atoms with Crippen LogP contribution in [0, 0.1) is 6.92 Å². The van der Waals surface area contributed by atoms with Gasteiger partial charge in [0.25, 0.3) is 0 Å². The first kappa shape index (κ1) is 11.8. The van der Waals surface area contributed by atoms with E-state index in [1.54, 1.807) is 0 Å². The zero-order chi connectivity index (χ0) is 11.5. The lowest BCUT2D eigenvalue weighted by Gasteiger charge is -2.12. The molecule has 0 radical (unpaired) electrons. The van der Waals surface area contributed by atoms with Crippen LogP contribution in [0.1, 0.15) is 33.2 Å². The second-order valence-electron chi connectivity index (χ2n) is 3.87. The van der Waals surface area contributed by atoms with Crippen LogP contribution in [-0.4, -0.2) is 7.05 Å². The van der Waals surface area contributed by atoms with E-state index in [1.165, 1.54) is 20.2 Å². The third-order valence-corrected chi connectivity index (χ3v) is 4.86. The monoisotopic (exact) mass is 251 g/mol. The Morgan fingerprint density at radius 2 is 2.19 bits per heavy atom. The smallest absolute Gasteiger partial charge is 0.0676 e. The molecule has 0 aliphatic rings. The number of rotatable bonds is 4. The van der Waals surface area contributed by atoms with Gasteiger partial charge in [0, 0.05) is 14.6 Å². The molecule has 3 heteroatoms. The molecule has 1 atom stereocenters. The lowest BCUT2D eigenvalue weighted by Crippen LogP contribution is -2.15. The number of thiophene rings is 2. The van der Waals surface area contributed by atoms with Crippen LogP contribution >= 0.6 is 22.7 Å². The first-order chi connectivity index (χ1) is 7.74. The molecular formula is C13H17NS2. The molecule has 16 heavy (non-hydrogen) atoms. The molecule has 2 aromatic rings. The molecule has 1 N–H and O–H groups in total. The maximum atomic E-state index is 3.40. The summed E-state index contributed by atoms with van der Waals surface area (Å²) >= 11 is 3.73. The third kappa shape index (κ3) is 2.37. The summed E-state index contributed by atoms with van der Waals surface area (Å²) in [7, 11) is 2.03. The molecular weight excluding hydrogens is 234 g/mol. The molecule has 86 valence electrons. The van der Waals surface area contributed by atoms with Crippen LogP contribution in [0.25, 0.3) is 0 Å². The zero-order valence-corrected chi connectivity index (χ0v) is 11.5. The van der Waals surface area contributed by atoms with Gasteiger partial charge in [-0.25, -0.2) is 0 Å². The van der Waals surface area contributed by atoms with E-state index < -0.39 is 0 Å². The average Bonchev–Trinajstić information content (AvgIpc) is 2.89. The van der Waals surface area contributed by atoms with Gasteiger partial charge in [0.2, 0.25) is 0 Å². The Bertz CT molecular complexity index is 456. The van der Waals surface area contributed by atoms with Gasteiger partial charge in [-0.2, -0.15) is 0 Å². The number of aryl methyl sites for hydroxylation is 2. The normalized spacial score (nSPS) is 12.9. The molecule has 2 heterocycles. The Morgan fingerprint density at radius 3 is 2.69 bits per heavy atom. The van der Waals surface area contributed by atoms with Crippen LogP contribution in [0.5, 0.6) is 0 Å². The molecule has 0 spiro atoms. The highest BCUT2D eigenvalue weighted by molar-refractivity contribution is 7.12. The van der Waals surface area contributed by atoms with Crippen LogP contribution in [0.2, 0.25) is 0 Å². The summed E-state index contributed by atoms with van der Waals surface area (Å²) in [5.41, 5.74) is 1.38. The summed E-state index contributed by atoms with van der Waals surface area (Å²) in [5.74, 6) is 0. The molecule has 0 saturated carbocycles. The Labute approximate surface area is 105 Å². The summed E-state index contributed by atoms with van der Waals surface area (Å²) in [6, 6.07) is 7.12. The quantitative estimate of drug-likeness (QED) is 0.866. The SMILES string of the molecule is CCc1ccc(C(NC)c2csc(C)c2)s1. The molecule has 0 saturated heterocycles. The van der Waals surface area contributed by atoms with Crippen molar-refractivity contribution < 1.29 is 0 Å². The van der Waals surface area contributed by atoms with Crippen molar-refractivity contribution in [2.24, 2.45) is 0 Å². The summed E-state index contributed by atoms with van der Waals surface area (Å²) < 4.78 is 0. The number of hydrogen-bond donors (Lipinski definition) is 1. The molecule has 0 aliphatic heterocycles. The Balaban J connectivity index is 2.28. The fraction of sp³-hybridized carbons (Fsp3) is 0.385. The highest BCUT2D eigenvalue weighted by Crippen LogP contribution is 2.30. The van der Waals surface area contributed by atoms with Crippen molar-refractivity contribution in [3.8, 4) is 0 Å². The van der Waals surface area contributed by atoms with Crippen LogP contribution in [0.15, 0.2) is 23.6 Å². The molecule has 1 nitrogen and oxygen atoms in total. The second kappa shape index (κ2) is 5.13. The lowest BCUT2D eigenvalue weighted by molar-refractivity contribution is 0.706. The van der Waals surface area contributed by atoms with Gasteiger partial charge in [-0.1, -0.05) is 6.92 Å². The molecule has 0 bridgehead atoms. The zero-order valence-electron chi connectivity index (χ0n) is 9.91. The minimum absolute atomic E-state index is 0.357. The van der Waals surface area contributed by atoms with E-state index in [0.29, 0.717) is 6.04 Å². The lowest BCUT2D eigenvalue weighted by atomic mass is 10.1. The van der Waals surface area contributed by atoms with E-state index in [9.17, 15) is 0 Å². The highest BCUT2D eigenvalue weighted by Gasteiger charge is 2.14. The van der Waals surface area contributed by atoms with Gasteiger partial charge in [-0.3, -0.25) is 0 Å². The Morgan fingerprint density at radius 1 is 1.38 bits per heavy atom. The van der Waals surface area contributed by atoms with Crippen molar-refractivity contribution in [3.63, 3.8) is 0 Å². The van der Waals surface area contributed by atoms with Gasteiger partial charge >= 0.3 is 0 Å². The van der Waals surface area contributed by atoms with Crippen molar-refractivity contribution in [2.45, 2.75) is 26.3 Å². The number of hydrogen-bond acceptors (Lipinski definition) is 3. The van der Waals surface area contributed by atoms with Crippen molar-refractivity contribution >= 4 is 22.7 Å². The van der Waals surface area contributed by atoms with Crippen molar-refractivity contribution in [1.82, 2.24) is 5.32 Å². The Kier molecular flexibility index (Phi) is 3.79. The van der Waals surface area contributed by atoms with Gasteiger partial charge in [-0.15, -0.1) is 22.7 Å². The first-order valence-electron chi connectivity index (χ1n) is 5.55. The van der Waals surface area contributed by atoms with Crippen molar-refractivity contribution in [3.05, 3.63) is 43.8 Å². The molecule has 0 amide bonds. The molecule has 2 aromatic heterocycles. The maximum Gasteiger partial charge on any atom is 0.0676 e. The summed E-state index contributed by atoms with van der Waals surface area (Å²) in [6.45, 7) is 4.37. The largest absolute Gasteiger partial charge is 0.309 e. The first-order valence-corrected chi connectivity index (χ1v) is 7.25. The molecule has 0 fully saturated rings. The second-order valence-corrected chi connectivity index (χ2v) is 6.19. The van der Waals surface area contributed by atoms with Crippen LogP contribution in [0.3, 0.4) is 0 Å². The minimum atomic E-state index is 0.357. The summed E-state index contributed by atoms with van der Waals surface area (Å²) in [6.07, 6.45) is 1.13. The standard InChI is InChI=1S/C13H17NS2/c1-4-11-5-6-12(16-11)13(14-3)10-7-9(2)15-8-10/h5-8,13-14H,4H2,1-3H3. The topological polar surface area (TPSA) is 12.0 Å². The maximum absolute atomic E-state index is 3.40. The average molecular weight is 251 g/mol. The van der Waals surface area contributed by atoms with Crippen molar-refractivity contribution in [2.75, 3.05) is 7.05 Å². The molecule has 0 aliphatic carbocycles. The third-order valence-electron chi connectivity index (χ3n) is 2.69. The Hall–Kier alpha value is -0.640. The predicted octanol–water partition coefficient (Wildman–Crippen LogP) is 3.99. The van der Waals surface area contributed by atoms with Gasteiger partial charge in [-0.05, 0) is 49.5 Å². The van der Waals surface area contributed by atoms with Crippen LogP contribution in [0.4, 0.5) is 0 Å². The fourth-order valence-corrected chi connectivity index (χ4v) is 3.65. The molecule has 1 unspecified atom stereocenters. The highest BCUT2D eigenvalue weighted by atomic mass is 32.1. The number of nitrogens with one attached hydrogen (secondary N) is 1. The van der Waals surface area contributed by atoms with Gasteiger partial charge in [0.05, 0.1) is 6.04 Å². The van der Waals surface area contributed by atoms with E-state index in [1.807, 2.05) is 29.7 Å². The van der Waals surface area contributed by atoms with E-state index in [-0.39, 0.29) is 0 Å². The molecule has 2 rings (SSSR count). The summed E-state index contributed by atoms with van der Waals surface area (Å²) in [4.78, 5) is 4.25. The van der Waals surface area contributed by atoms with Gasteiger partial charge < -0.3 is 5.32 Å². The fourth-order valence-electron chi connectivity index (χ4n) is 1.83. The van der Waals surface area contributed by atoms with E-state index >= 15 is 0 Å².